The van der Waals surface area contributed by atoms with Crippen LogP contribution in [0.15, 0.2) is 64.2 Å². The van der Waals surface area contributed by atoms with Crippen LogP contribution in [0.1, 0.15) is 29.8 Å². The van der Waals surface area contributed by atoms with Crippen LogP contribution in [0.3, 0.4) is 0 Å². The van der Waals surface area contributed by atoms with Gasteiger partial charge in [-0.25, -0.2) is 4.79 Å². The summed E-state index contributed by atoms with van der Waals surface area (Å²) in [5, 5.41) is 0. The molecule has 5 rings (SSSR count). The first-order chi connectivity index (χ1) is 16.4. The SMILES string of the molecule is CCc1ccc(N2C[C@H](C)Cn3c2nc2c3c(=O)n(CC(=O)c3ccccc3)c(=O)n2C)cc1. The number of Topliss-reactive ketones (excluding diaryl/α,β-unsaturated/α-hetero) is 1. The third-order valence-electron chi connectivity index (χ3n) is 6.50. The molecule has 0 saturated carbocycles. The number of fused-ring (bicyclic) bond motifs is 3. The second kappa shape index (κ2) is 8.44. The topological polar surface area (TPSA) is 82.1 Å². The summed E-state index contributed by atoms with van der Waals surface area (Å²) in [6, 6.07) is 17.0. The molecule has 0 aliphatic carbocycles. The maximum Gasteiger partial charge on any atom is 0.332 e. The fourth-order valence-corrected chi connectivity index (χ4v) is 4.63. The van der Waals surface area contributed by atoms with E-state index in [1.165, 1.54) is 10.1 Å². The van der Waals surface area contributed by atoms with Crippen LogP contribution in [0.25, 0.3) is 11.2 Å². The lowest BCUT2D eigenvalue weighted by Gasteiger charge is -2.33. The molecule has 34 heavy (non-hydrogen) atoms. The van der Waals surface area contributed by atoms with E-state index >= 15 is 0 Å². The van der Waals surface area contributed by atoms with Crippen LogP contribution in [0, 0.1) is 5.92 Å². The zero-order valence-electron chi connectivity index (χ0n) is 19.6. The van der Waals surface area contributed by atoms with E-state index in [9.17, 15) is 14.4 Å². The van der Waals surface area contributed by atoms with Crippen LogP contribution in [-0.2, 0) is 26.6 Å². The fourth-order valence-electron chi connectivity index (χ4n) is 4.63. The Hall–Kier alpha value is -3.94. The van der Waals surface area contributed by atoms with Gasteiger partial charge in [-0.2, -0.15) is 4.98 Å². The molecule has 0 spiro atoms. The highest BCUT2D eigenvalue weighted by atomic mass is 16.2. The maximum absolute atomic E-state index is 13.6. The van der Waals surface area contributed by atoms with Gasteiger partial charge < -0.3 is 9.47 Å². The number of carbonyl (C=O) groups excluding carboxylic acids is 1. The number of hydrogen-bond donors (Lipinski definition) is 0. The Balaban J connectivity index is 1.65. The molecule has 0 radical (unpaired) electrons. The highest BCUT2D eigenvalue weighted by Crippen LogP contribution is 2.32. The molecule has 3 heterocycles. The highest BCUT2D eigenvalue weighted by molar-refractivity contribution is 5.96. The average molecular weight is 458 g/mol. The number of imidazole rings is 1. The van der Waals surface area contributed by atoms with Crippen molar-refractivity contribution in [3.63, 3.8) is 0 Å². The Morgan fingerprint density at radius 1 is 1.03 bits per heavy atom. The van der Waals surface area contributed by atoms with E-state index < -0.39 is 11.2 Å². The van der Waals surface area contributed by atoms with Crippen molar-refractivity contribution < 1.29 is 4.79 Å². The standard InChI is InChI=1S/C26H27N5O3/c1-4-18-10-12-20(13-11-18)29-14-17(2)15-30-22-23(27-25(29)30)28(3)26(34)31(24(22)33)16-21(32)19-8-6-5-7-9-19/h5-13,17H,4,14-16H2,1-3H3/t17-/m0/s1. The van der Waals surface area contributed by atoms with Gasteiger partial charge in [0.25, 0.3) is 5.56 Å². The second-order valence-corrected chi connectivity index (χ2v) is 8.95. The Bertz CT molecular complexity index is 1500. The predicted molar refractivity (Wildman–Crippen MR) is 132 cm³/mol. The Labute approximate surface area is 196 Å². The van der Waals surface area contributed by atoms with Crippen LogP contribution < -0.4 is 16.1 Å². The lowest BCUT2D eigenvalue weighted by atomic mass is 10.1. The van der Waals surface area contributed by atoms with E-state index in [1.54, 1.807) is 31.3 Å². The number of nitrogens with zero attached hydrogens (tertiary/aromatic N) is 5. The number of aromatic nitrogens is 4. The quantitative estimate of drug-likeness (QED) is 0.430. The molecule has 0 bridgehead atoms. The number of rotatable bonds is 5. The summed E-state index contributed by atoms with van der Waals surface area (Å²) in [4.78, 5) is 46.3. The largest absolute Gasteiger partial charge is 0.332 e. The van der Waals surface area contributed by atoms with Crippen molar-refractivity contribution in [2.45, 2.75) is 33.4 Å². The monoisotopic (exact) mass is 457 g/mol. The minimum Gasteiger partial charge on any atom is -0.312 e. The smallest absolute Gasteiger partial charge is 0.312 e. The number of hydrogen-bond acceptors (Lipinski definition) is 5. The van der Waals surface area contributed by atoms with Crippen LogP contribution in [0.5, 0.6) is 0 Å². The third kappa shape index (κ3) is 3.55. The van der Waals surface area contributed by atoms with Crippen LogP contribution in [-0.4, -0.2) is 31.0 Å². The molecule has 0 fully saturated rings. The number of ketones is 1. The summed E-state index contributed by atoms with van der Waals surface area (Å²) in [6.45, 7) is 5.29. The van der Waals surface area contributed by atoms with E-state index in [1.807, 2.05) is 10.6 Å². The first-order valence-corrected chi connectivity index (χ1v) is 11.5. The van der Waals surface area contributed by atoms with Crippen molar-refractivity contribution in [3.05, 3.63) is 86.6 Å². The molecular formula is C26H27N5O3. The molecule has 8 heteroatoms. The first-order valence-electron chi connectivity index (χ1n) is 11.5. The second-order valence-electron chi connectivity index (χ2n) is 8.95. The number of carbonyl (C=O) groups is 1. The van der Waals surface area contributed by atoms with Gasteiger partial charge in [-0.1, -0.05) is 56.3 Å². The van der Waals surface area contributed by atoms with Crippen LogP contribution in [0.4, 0.5) is 11.6 Å². The van der Waals surface area contributed by atoms with E-state index in [0.29, 0.717) is 29.2 Å². The van der Waals surface area contributed by atoms with Gasteiger partial charge in [0.1, 0.15) is 0 Å². The minimum absolute atomic E-state index is 0.256. The van der Waals surface area contributed by atoms with Crippen LogP contribution in [0.2, 0.25) is 0 Å². The van der Waals surface area contributed by atoms with Crippen molar-refractivity contribution in [2.75, 3.05) is 11.4 Å². The molecular weight excluding hydrogens is 430 g/mol. The van der Waals surface area contributed by atoms with E-state index in [2.05, 4.69) is 43.0 Å². The van der Waals surface area contributed by atoms with Gasteiger partial charge in [-0.05, 0) is 30.0 Å². The molecule has 1 aliphatic heterocycles. The van der Waals surface area contributed by atoms with Gasteiger partial charge in [-0.3, -0.25) is 18.7 Å². The zero-order chi connectivity index (χ0) is 24.0. The lowest BCUT2D eigenvalue weighted by molar-refractivity contribution is 0.0969. The fraction of sp³-hybridized carbons (Fsp3) is 0.308. The third-order valence-corrected chi connectivity index (χ3v) is 6.50. The number of aryl methyl sites for hydroxylation is 2. The highest BCUT2D eigenvalue weighted by Gasteiger charge is 2.30. The summed E-state index contributed by atoms with van der Waals surface area (Å²) in [5.41, 5.74) is 2.33. The van der Waals surface area contributed by atoms with Gasteiger partial charge in [0.05, 0.1) is 6.54 Å². The molecule has 0 amide bonds. The van der Waals surface area contributed by atoms with Gasteiger partial charge in [-0.15, -0.1) is 0 Å². The molecule has 2 aromatic heterocycles. The van der Waals surface area contributed by atoms with Crippen molar-refractivity contribution in [2.24, 2.45) is 13.0 Å². The van der Waals surface area contributed by atoms with Crippen molar-refractivity contribution in [1.29, 1.82) is 0 Å². The average Bonchev–Trinajstić information content (AvgIpc) is 3.25. The molecule has 174 valence electrons. The van der Waals surface area contributed by atoms with Crippen LogP contribution >= 0.6 is 0 Å². The predicted octanol–water partition coefficient (Wildman–Crippen LogP) is 3.13. The van der Waals surface area contributed by atoms with Gasteiger partial charge in [0.15, 0.2) is 16.9 Å². The Kier molecular flexibility index (Phi) is 5.43. The summed E-state index contributed by atoms with van der Waals surface area (Å²) >= 11 is 0. The maximum atomic E-state index is 13.6. The van der Waals surface area contributed by atoms with Gasteiger partial charge in [0, 0.05) is 31.4 Å². The van der Waals surface area contributed by atoms with E-state index in [-0.39, 0.29) is 18.2 Å². The van der Waals surface area contributed by atoms with E-state index in [4.69, 9.17) is 4.98 Å². The van der Waals surface area contributed by atoms with Crippen molar-refractivity contribution in [1.82, 2.24) is 18.7 Å². The summed E-state index contributed by atoms with van der Waals surface area (Å²) in [7, 11) is 1.59. The lowest BCUT2D eigenvalue weighted by Crippen LogP contribution is -2.42. The van der Waals surface area contributed by atoms with E-state index in [0.717, 1.165) is 23.2 Å². The molecule has 4 aromatic rings. The molecule has 0 unspecified atom stereocenters. The molecule has 0 saturated heterocycles. The van der Waals surface area contributed by atoms with Crippen molar-refractivity contribution >= 4 is 28.6 Å². The Morgan fingerprint density at radius 2 is 1.74 bits per heavy atom. The number of benzene rings is 2. The molecule has 0 N–H and O–H groups in total. The Morgan fingerprint density at radius 3 is 2.41 bits per heavy atom. The first kappa shape index (κ1) is 21.9. The van der Waals surface area contributed by atoms with Gasteiger partial charge >= 0.3 is 5.69 Å². The van der Waals surface area contributed by atoms with Crippen molar-refractivity contribution in [3.8, 4) is 0 Å². The number of anilines is 2. The molecule has 2 aromatic carbocycles. The summed E-state index contributed by atoms with van der Waals surface area (Å²) in [5.74, 6) is 0.604. The summed E-state index contributed by atoms with van der Waals surface area (Å²) in [6.07, 6.45) is 0.957. The molecule has 1 atom stereocenters. The minimum atomic E-state index is -0.552. The normalized spacial score (nSPS) is 15.5. The molecule has 8 nitrogen and oxygen atoms in total. The molecule has 1 aliphatic rings. The zero-order valence-corrected chi connectivity index (χ0v) is 19.6. The summed E-state index contributed by atoms with van der Waals surface area (Å²) < 4.78 is 4.28. The van der Waals surface area contributed by atoms with Gasteiger partial charge in [0.2, 0.25) is 5.95 Å².